The number of methoxy groups -OCH3 is 1. The van der Waals surface area contributed by atoms with Gasteiger partial charge in [-0.1, -0.05) is 27.5 Å². The minimum Gasteiger partial charge on any atom is -0.495 e. The van der Waals surface area contributed by atoms with Crippen LogP contribution in [0.2, 0.25) is 5.02 Å². The van der Waals surface area contributed by atoms with E-state index in [1.807, 2.05) is 0 Å². The molecule has 21 heavy (non-hydrogen) atoms. The molecule has 0 aliphatic carbocycles. The minimum atomic E-state index is -0.411. The van der Waals surface area contributed by atoms with Crippen LogP contribution in [0, 0.1) is 5.82 Å². The molecule has 0 saturated carbocycles. The Labute approximate surface area is 140 Å². The molecule has 0 heterocycles. The van der Waals surface area contributed by atoms with Crippen molar-refractivity contribution < 1.29 is 9.13 Å². The molecule has 0 aliphatic heterocycles. The van der Waals surface area contributed by atoms with E-state index in [9.17, 15) is 4.39 Å². The van der Waals surface area contributed by atoms with Crippen LogP contribution in [0.25, 0.3) is 0 Å². The highest BCUT2D eigenvalue weighted by molar-refractivity contribution is 9.10. The van der Waals surface area contributed by atoms with Gasteiger partial charge in [0.25, 0.3) is 0 Å². The van der Waals surface area contributed by atoms with Gasteiger partial charge >= 0.3 is 0 Å². The number of rotatable bonds is 3. The molecule has 0 atom stereocenters. The van der Waals surface area contributed by atoms with E-state index < -0.39 is 5.82 Å². The highest BCUT2D eigenvalue weighted by Crippen LogP contribution is 2.28. The molecular formula is C14H11BrClFN2OS. The summed E-state index contributed by atoms with van der Waals surface area (Å²) in [6.45, 7) is 0. The van der Waals surface area contributed by atoms with E-state index in [-0.39, 0.29) is 10.8 Å². The number of hydrogen-bond donors (Lipinski definition) is 2. The lowest BCUT2D eigenvalue weighted by molar-refractivity contribution is 0.417. The summed E-state index contributed by atoms with van der Waals surface area (Å²) >= 11 is 14.3. The normalized spacial score (nSPS) is 10.1. The molecule has 0 aliphatic rings. The molecule has 2 N–H and O–H groups in total. The van der Waals surface area contributed by atoms with Gasteiger partial charge in [-0.2, -0.15) is 0 Å². The van der Waals surface area contributed by atoms with Crippen LogP contribution in [0.5, 0.6) is 5.75 Å². The molecule has 0 fully saturated rings. The molecular weight excluding hydrogens is 379 g/mol. The maximum absolute atomic E-state index is 13.7. The van der Waals surface area contributed by atoms with Crippen LogP contribution in [-0.2, 0) is 0 Å². The van der Waals surface area contributed by atoms with Gasteiger partial charge in [-0.25, -0.2) is 4.39 Å². The second kappa shape index (κ2) is 7.06. The molecule has 0 spiro atoms. The van der Waals surface area contributed by atoms with Gasteiger partial charge in [-0.05, 0) is 48.6 Å². The lowest BCUT2D eigenvalue weighted by Gasteiger charge is -2.14. The van der Waals surface area contributed by atoms with E-state index in [0.29, 0.717) is 20.9 Å². The maximum atomic E-state index is 13.7. The Morgan fingerprint density at radius 3 is 2.57 bits per heavy atom. The van der Waals surface area contributed by atoms with Crippen molar-refractivity contribution in [1.29, 1.82) is 0 Å². The Morgan fingerprint density at radius 1 is 1.19 bits per heavy atom. The Balaban J connectivity index is 2.13. The van der Waals surface area contributed by atoms with E-state index in [4.69, 9.17) is 28.6 Å². The summed E-state index contributed by atoms with van der Waals surface area (Å²) in [4.78, 5) is 0. The second-order valence-corrected chi connectivity index (χ2v) is 5.81. The van der Waals surface area contributed by atoms with Crippen molar-refractivity contribution in [2.24, 2.45) is 0 Å². The largest absolute Gasteiger partial charge is 0.495 e. The summed E-state index contributed by atoms with van der Waals surface area (Å²) in [5.41, 5.74) is 0.872. The number of benzene rings is 2. The summed E-state index contributed by atoms with van der Waals surface area (Å²) in [6.07, 6.45) is 0. The molecule has 7 heteroatoms. The molecule has 0 unspecified atom stereocenters. The predicted molar refractivity (Wildman–Crippen MR) is 91.9 cm³/mol. The Kier molecular flexibility index (Phi) is 5.39. The van der Waals surface area contributed by atoms with E-state index >= 15 is 0 Å². The molecule has 3 nitrogen and oxygen atoms in total. The van der Waals surface area contributed by atoms with Gasteiger partial charge in [-0.15, -0.1) is 0 Å². The van der Waals surface area contributed by atoms with Crippen LogP contribution < -0.4 is 15.4 Å². The Bertz CT molecular complexity index is 684. The zero-order valence-electron chi connectivity index (χ0n) is 10.9. The monoisotopic (exact) mass is 388 g/mol. The molecule has 0 radical (unpaired) electrons. The third-order valence-corrected chi connectivity index (χ3v) is 3.52. The highest BCUT2D eigenvalue weighted by atomic mass is 79.9. The number of thiocarbonyl (C=S) groups is 1. The van der Waals surface area contributed by atoms with Crippen LogP contribution in [-0.4, -0.2) is 12.2 Å². The average Bonchev–Trinajstić information content (AvgIpc) is 2.42. The quantitative estimate of drug-likeness (QED) is 0.719. The van der Waals surface area contributed by atoms with E-state index in [1.54, 1.807) is 37.4 Å². The van der Waals surface area contributed by atoms with Crippen molar-refractivity contribution in [1.82, 2.24) is 0 Å². The lowest BCUT2D eigenvalue weighted by Crippen LogP contribution is -2.20. The first-order chi connectivity index (χ1) is 9.99. The van der Waals surface area contributed by atoms with Gasteiger partial charge < -0.3 is 15.4 Å². The van der Waals surface area contributed by atoms with Gasteiger partial charge in [0.1, 0.15) is 11.6 Å². The maximum Gasteiger partial charge on any atom is 0.175 e. The van der Waals surface area contributed by atoms with Crippen molar-refractivity contribution in [2.45, 2.75) is 0 Å². The van der Waals surface area contributed by atoms with Crippen LogP contribution in [0.1, 0.15) is 0 Å². The van der Waals surface area contributed by atoms with Crippen molar-refractivity contribution in [2.75, 3.05) is 17.7 Å². The van der Waals surface area contributed by atoms with Crippen molar-refractivity contribution in [3.8, 4) is 5.75 Å². The Hall–Kier alpha value is -1.37. The topological polar surface area (TPSA) is 33.3 Å². The molecule has 110 valence electrons. The number of nitrogens with one attached hydrogen (secondary N) is 2. The van der Waals surface area contributed by atoms with Crippen molar-refractivity contribution in [3.05, 3.63) is 51.7 Å². The lowest BCUT2D eigenvalue weighted by atomic mass is 10.3. The highest BCUT2D eigenvalue weighted by Gasteiger charge is 2.08. The standard InChI is InChI=1S/C14H11BrClFN2OS/c1-20-13-5-3-9(16)7-12(13)19-14(21)18-11-4-2-8(15)6-10(11)17/h2-7H,1H3,(H2,18,19,21). The van der Waals surface area contributed by atoms with Gasteiger partial charge in [0, 0.05) is 9.50 Å². The summed E-state index contributed by atoms with van der Waals surface area (Å²) in [5.74, 6) is 0.173. The zero-order valence-corrected chi connectivity index (χ0v) is 14.1. The van der Waals surface area contributed by atoms with Crippen LogP contribution in [0.3, 0.4) is 0 Å². The number of anilines is 2. The summed E-state index contributed by atoms with van der Waals surface area (Å²) in [5, 5.41) is 6.48. The van der Waals surface area contributed by atoms with Crippen LogP contribution >= 0.6 is 39.7 Å². The van der Waals surface area contributed by atoms with E-state index in [1.165, 1.54) is 6.07 Å². The van der Waals surface area contributed by atoms with Gasteiger partial charge in [0.2, 0.25) is 0 Å². The van der Waals surface area contributed by atoms with Gasteiger partial charge in [0.15, 0.2) is 5.11 Å². The van der Waals surface area contributed by atoms with Crippen molar-refractivity contribution >= 4 is 56.2 Å². The fourth-order valence-corrected chi connectivity index (χ4v) is 2.37. The fraction of sp³-hybridized carbons (Fsp3) is 0.0714. The number of halogens is 3. The first-order valence-corrected chi connectivity index (χ1v) is 7.44. The molecule has 2 aromatic rings. The third-order valence-electron chi connectivity index (χ3n) is 2.59. The average molecular weight is 390 g/mol. The van der Waals surface area contributed by atoms with E-state index in [2.05, 4.69) is 26.6 Å². The van der Waals surface area contributed by atoms with E-state index in [0.717, 1.165) is 0 Å². The molecule has 0 bridgehead atoms. The summed E-state index contributed by atoms with van der Waals surface area (Å²) in [6, 6.07) is 9.75. The predicted octanol–water partition coefficient (Wildman–Crippen LogP) is 5.06. The minimum absolute atomic E-state index is 0.233. The van der Waals surface area contributed by atoms with Crippen LogP contribution in [0.4, 0.5) is 15.8 Å². The molecule has 2 rings (SSSR count). The molecule has 0 aromatic heterocycles. The zero-order chi connectivity index (χ0) is 15.4. The second-order valence-electron chi connectivity index (χ2n) is 4.05. The summed E-state index contributed by atoms with van der Waals surface area (Å²) < 4.78 is 19.6. The third kappa shape index (κ3) is 4.30. The first kappa shape index (κ1) is 16.0. The molecule has 0 saturated heterocycles. The fourth-order valence-electron chi connectivity index (χ4n) is 1.64. The van der Waals surface area contributed by atoms with Gasteiger partial charge in [-0.3, -0.25) is 0 Å². The van der Waals surface area contributed by atoms with Crippen molar-refractivity contribution in [3.63, 3.8) is 0 Å². The van der Waals surface area contributed by atoms with Crippen LogP contribution in [0.15, 0.2) is 40.9 Å². The first-order valence-electron chi connectivity index (χ1n) is 5.86. The molecule has 0 amide bonds. The number of ether oxygens (including phenoxy) is 1. The molecule has 2 aromatic carbocycles. The smallest absolute Gasteiger partial charge is 0.175 e. The Morgan fingerprint density at radius 2 is 1.90 bits per heavy atom. The SMILES string of the molecule is COc1ccc(Cl)cc1NC(=S)Nc1ccc(Br)cc1F. The van der Waals surface area contributed by atoms with Gasteiger partial charge in [0.05, 0.1) is 18.5 Å². The number of hydrogen-bond acceptors (Lipinski definition) is 2. The summed E-state index contributed by atoms with van der Waals surface area (Å²) in [7, 11) is 1.54.